The summed E-state index contributed by atoms with van der Waals surface area (Å²) in [7, 11) is -3.97. The fourth-order valence-electron chi connectivity index (χ4n) is 4.89. The number of fused-ring (bicyclic) bond motifs is 1. The van der Waals surface area contributed by atoms with Crippen molar-refractivity contribution in [3.63, 3.8) is 0 Å². The second kappa shape index (κ2) is 10.6. The zero-order valence-corrected chi connectivity index (χ0v) is 21.7. The van der Waals surface area contributed by atoms with Gasteiger partial charge in [0.05, 0.1) is 10.6 Å². The molecule has 0 unspecified atom stereocenters. The summed E-state index contributed by atoms with van der Waals surface area (Å²) in [6.07, 6.45) is 0.938. The minimum Gasteiger partial charge on any atom is -0.366 e. The van der Waals surface area contributed by atoms with Gasteiger partial charge in [0.2, 0.25) is 21.8 Å². The molecule has 2 aromatic carbocycles. The molecule has 1 saturated heterocycles. The van der Waals surface area contributed by atoms with E-state index in [0.717, 1.165) is 11.3 Å². The SMILES string of the molecule is CC(=O)N1CCc2cc(S(=O)(=O)N[C@H](CC(C)C)C(=O)N3CCN(c4ccccc4F)CC3)ccc21. The number of rotatable bonds is 7. The van der Waals surface area contributed by atoms with Crippen LogP contribution in [0.3, 0.4) is 0 Å². The number of benzene rings is 2. The summed E-state index contributed by atoms with van der Waals surface area (Å²) < 4.78 is 43.4. The molecule has 8 nitrogen and oxygen atoms in total. The molecule has 2 aliphatic heterocycles. The highest BCUT2D eigenvalue weighted by atomic mass is 32.2. The van der Waals surface area contributed by atoms with Crippen LogP contribution >= 0.6 is 0 Å². The molecule has 1 fully saturated rings. The predicted octanol–water partition coefficient (Wildman–Crippen LogP) is 2.78. The quantitative estimate of drug-likeness (QED) is 0.611. The van der Waals surface area contributed by atoms with E-state index in [-0.39, 0.29) is 28.4 Å². The summed E-state index contributed by atoms with van der Waals surface area (Å²) in [5.41, 5.74) is 2.03. The molecule has 0 saturated carbocycles. The lowest BCUT2D eigenvalue weighted by molar-refractivity contribution is -0.133. The minimum atomic E-state index is -3.97. The number of amides is 2. The van der Waals surface area contributed by atoms with Crippen molar-refractivity contribution < 1.29 is 22.4 Å². The molecule has 0 aliphatic carbocycles. The van der Waals surface area contributed by atoms with Gasteiger partial charge in [-0.15, -0.1) is 0 Å². The molecule has 0 aromatic heterocycles. The number of halogens is 1. The molecule has 2 amide bonds. The molecule has 1 atom stereocenters. The van der Waals surface area contributed by atoms with Crippen molar-refractivity contribution in [2.45, 2.75) is 44.6 Å². The predicted molar refractivity (Wildman–Crippen MR) is 137 cm³/mol. The van der Waals surface area contributed by atoms with Crippen LogP contribution in [0.25, 0.3) is 0 Å². The van der Waals surface area contributed by atoms with E-state index in [0.29, 0.717) is 51.3 Å². The number of para-hydroxylation sites is 1. The van der Waals surface area contributed by atoms with Gasteiger partial charge in [0, 0.05) is 45.3 Å². The van der Waals surface area contributed by atoms with Crippen molar-refractivity contribution in [2.75, 3.05) is 42.5 Å². The maximum Gasteiger partial charge on any atom is 0.241 e. The molecule has 10 heteroatoms. The standard InChI is InChI=1S/C26H33FN4O4S/c1-18(2)16-23(26(33)30-14-12-29(13-15-30)25-7-5-4-6-22(25)27)28-36(34,35)21-8-9-24-20(17-21)10-11-31(24)19(3)32/h4-9,17-18,23,28H,10-16H2,1-3H3/t23-/m1/s1. The molecular formula is C26H33FN4O4S. The summed E-state index contributed by atoms with van der Waals surface area (Å²) in [5, 5.41) is 0. The molecule has 4 rings (SSSR count). The molecule has 2 aliphatic rings. The van der Waals surface area contributed by atoms with E-state index in [1.54, 1.807) is 40.1 Å². The normalized spacial score (nSPS) is 16.9. The lowest BCUT2D eigenvalue weighted by atomic mass is 10.0. The number of carbonyl (C=O) groups is 2. The Labute approximate surface area is 212 Å². The zero-order valence-electron chi connectivity index (χ0n) is 20.9. The molecule has 2 heterocycles. The number of hydrogen-bond acceptors (Lipinski definition) is 5. The van der Waals surface area contributed by atoms with Crippen LogP contribution in [0.2, 0.25) is 0 Å². The largest absolute Gasteiger partial charge is 0.366 e. The molecule has 194 valence electrons. The number of anilines is 2. The van der Waals surface area contributed by atoms with Crippen molar-refractivity contribution in [3.8, 4) is 0 Å². The first kappa shape index (κ1) is 26.1. The second-order valence-corrected chi connectivity index (χ2v) is 11.5. The van der Waals surface area contributed by atoms with Gasteiger partial charge < -0.3 is 14.7 Å². The van der Waals surface area contributed by atoms with Crippen molar-refractivity contribution in [1.29, 1.82) is 0 Å². The van der Waals surface area contributed by atoms with Gasteiger partial charge >= 0.3 is 0 Å². The smallest absolute Gasteiger partial charge is 0.241 e. The van der Waals surface area contributed by atoms with Gasteiger partial charge in [-0.2, -0.15) is 4.72 Å². The first-order valence-electron chi connectivity index (χ1n) is 12.3. The van der Waals surface area contributed by atoms with Crippen LogP contribution in [0, 0.1) is 11.7 Å². The number of hydrogen-bond donors (Lipinski definition) is 1. The van der Waals surface area contributed by atoms with E-state index in [4.69, 9.17) is 0 Å². The highest BCUT2D eigenvalue weighted by Gasteiger charge is 2.33. The summed E-state index contributed by atoms with van der Waals surface area (Å²) in [4.78, 5) is 30.5. The van der Waals surface area contributed by atoms with Crippen LogP contribution in [-0.2, 0) is 26.0 Å². The molecule has 1 N–H and O–H groups in total. The number of nitrogens with one attached hydrogen (secondary N) is 1. The summed E-state index contributed by atoms with van der Waals surface area (Å²) >= 11 is 0. The van der Waals surface area contributed by atoms with Crippen LogP contribution < -0.4 is 14.5 Å². The highest BCUT2D eigenvalue weighted by molar-refractivity contribution is 7.89. The van der Waals surface area contributed by atoms with E-state index in [2.05, 4.69) is 4.72 Å². The van der Waals surface area contributed by atoms with Gasteiger partial charge in [0.15, 0.2) is 0 Å². The topological polar surface area (TPSA) is 90.0 Å². The van der Waals surface area contributed by atoms with Crippen LogP contribution in [0.15, 0.2) is 47.4 Å². The molecule has 0 spiro atoms. The second-order valence-electron chi connectivity index (χ2n) is 9.78. The van der Waals surface area contributed by atoms with Gasteiger partial charge in [0.1, 0.15) is 11.9 Å². The van der Waals surface area contributed by atoms with E-state index in [1.807, 2.05) is 18.7 Å². The number of piperazine rings is 1. The first-order chi connectivity index (χ1) is 17.1. The van der Waals surface area contributed by atoms with E-state index < -0.39 is 16.1 Å². The van der Waals surface area contributed by atoms with Crippen LogP contribution in [0.1, 0.15) is 32.8 Å². The van der Waals surface area contributed by atoms with Gasteiger partial charge in [-0.3, -0.25) is 9.59 Å². The molecule has 0 radical (unpaired) electrons. The van der Waals surface area contributed by atoms with Crippen LogP contribution in [-0.4, -0.2) is 63.9 Å². The van der Waals surface area contributed by atoms with Gasteiger partial charge in [0.25, 0.3) is 0 Å². The van der Waals surface area contributed by atoms with Crippen molar-refractivity contribution in [3.05, 3.63) is 53.8 Å². The summed E-state index contributed by atoms with van der Waals surface area (Å²) in [6, 6.07) is 10.4. The Morgan fingerprint density at radius 1 is 1.00 bits per heavy atom. The number of sulfonamides is 1. The van der Waals surface area contributed by atoms with E-state index in [1.165, 1.54) is 19.1 Å². The maximum absolute atomic E-state index is 14.2. The van der Waals surface area contributed by atoms with Gasteiger partial charge in [-0.1, -0.05) is 26.0 Å². The van der Waals surface area contributed by atoms with E-state index in [9.17, 15) is 22.4 Å². The van der Waals surface area contributed by atoms with Crippen LogP contribution in [0.4, 0.5) is 15.8 Å². The average molecular weight is 517 g/mol. The third kappa shape index (κ3) is 5.54. The van der Waals surface area contributed by atoms with Crippen molar-refractivity contribution >= 4 is 33.2 Å². The first-order valence-corrected chi connectivity index (χ1v) is 13.8. The lowest BCUT2D eigenvalue weighted by Crippen LogP contribution is -2.55. The Morgan fingerprint density at radius 3 is 2.33 bits per heavy atom. The molecule has 0 bridgehead atoms. The molecule has 2 aromatic rings. The van der Waals surface area contributed by atoms with Crippen LogP contribution in [0.5, 0.6) is 0 Å². The highest BCUT2D eigenvalue weighted by Crippen LogP contribution is 2.30. The average Bonchev–Trinajstić information content (AvgIpc) is 3.27. The van der Waals surface area contributed by atoms with Crippen molar-refractivity contribution in [2.24, 2.45) is 5.92 Å². The Morgan fingerprint density at radius 2 is 1.69 bits per heavy atom. The zero-order chi connectivity index (χ0) is 26.0. The summed E-state index contributed by atoms with van der Waals surface area (Å²) in [5.74, 6) is -0.571. The Balaban J connectivity index is 1.47. The van der Waals surface area contributed by atoms with E-state index >= 15 is 0 Å². The third-order valence-electron chi connectivity index (χ3n) is 6.72. The van der Waals surface area contributed by atoms with Gasteiger partial charge in [-0.25, -0.2) is 12.8 Å². The third-order valence-corrected chi connectivity index (χ3v) is 8.19. The molecule has 36 heavy (non-hydrogen) atoms. The number of carbonyl (C=O) groups excluding carboxylic acids is 2. The Bertz CT molecular complexity index is 1240. The summed E-state index contributed by atoms with van der Waals surface area (Å²) in [6.45, 7) is 7.57. The van der Waals surface area contributed by atoms with Crippen molar-refractivity contribution in [1.82, 2.24) is 9.62 Å². The number of nitrogens with zero attached hydrogens (tertiary/aromatic N) is 3. The monoisotopic (exact) mass is 516 g/mol. The minimum absolute atomic E-state index is 0.0811. The van der Waals surface area contributed by atoms with Gasteiger partial charge in [-0.05, 0) is 54.7 Å². The fourth-order valence-corrected chi connectivity index (χ4v) is 6.15. The lowest BCUT2D eigenvalue weighted by Gasteiger charge is -2.38. The Kier molecular flexibility index (Phi) is 7.65. The molecular weight excluding hydrogens is 483 g/mol. The Hall–Kier alpha value is -2.98. The fraction of sp³-hybridized carbons (Fsp3) is 0.462. The maximum atomic E-state index is 14.2.